The Balaban J connectivity index is 1.24. The Kier molecular flexibility index (Phi) is 8.64. The zero-order valence-corrected chi connectivity index (χ0v) is 31.5. The molecular weight excluding hydrogens is 614 g/mol. The molecule has 8 nitrogen and oxygen atoms in total. The van der Waals surface area contributed by atoms with Gasteiger partial charge in [-0.15, -0.1) is 0 Å². The number of allylic oxidation sites excluding steroid dienone is 4. The fourth-order valence-electron chi connectivity index (χ4n) is 11.8. The molecule has 1 saturated heterocycles. The summed E-state index contributed by atoms with van der Waals surface area (Å²) in [5.41, 5.74) is -0.465. The normalized spacial score (nSPS) is 38.1. The van der Waals surface area contributed by atoms with Crippen LogP contribution in [0.25, 0.3) is 0 Å². The quantitative estimate of drug-likeness (QED) is 0.304. The monoisotopic (exact) mass is 673 g/mol. The minimum Gasteiger partial charge on any atom is -0.444 e. The molecule has 3 saturated carbocycles. The summed E-state index contributed by atoms with van der Waals surface area (Å²) >= 11 is 0. The SMILES string of the molecule is CC1(C)CCC2(CCC(=O)N3CCN(C(=O)OC(C)(C)C)CC3)CCC3C(C(=O)C=C4C5(C)C=C(C#N)C(=O)C(C)(C)C5CCC43C)C2C1. The van der Waals surface area contributed by atoms with Crippen LogP contribution >= 0.6 is 0 Å². The number of fused-ring (bicyclic) bond motifs is 7. The van der Waals surface area contributed by atoms with E-state index in [-0.39, 0.29) is 69.1 Å². The first-order chi connectivity index (χ1) is 22.7. The summed E-state index contributed by atoms with van der Waals surface area (Å²) in [6.45, 7) is 20.8. The van der Waals surface area contributed by atoms with E-state index in [0.29, 0.717) is 32.6 Å². The maximum Gasteiger partial charge on any atom is 0.410 e. The van der Waals surface area contributed by atoms with Crippen molar-refractivity contribution in [3.8, 4) is 6.07 Å². The topological polar surface area (TPSA) is 108 Å². The first-order valence-corrected chi connectivity index (χ1v) is 18.9. The number of rotatable bonds is 3. The van der Waals surface area contributed by atoms with Crippen molar-refractivity contribution in [1.82, 2.24) is 9.80 Å². The van der Waals surface area contributed by atoms with Gasteiger partial charge in [-0.25, -0.2) is 4.79 Å². The van der Waals surface area contributed by atoms with Crippen molar-refractivity contribution in [2.75, 3.05) is 26.2 Å². The van der Waals surface area contributed by atoms with Gasteiger partial charge in [-0.3, -0.25) is 14.4 Å². The Morgan fingerprint density at radius 1 is 0.918 bits per heavy atom. The second-order valence-corrected chi connectivity index (χ2v) is 19.3. The van der Waals surface area contributed by atoms with Crippen LogP contribution in [0.3, 0.4) is 0 Å². The Morgan fingerprint density at radius 2 is 1.57 bits per heavy atom. The molecule has 6 rings (SSSR count). The number of hydrogen-bond donors (Lipinski definition) is 0. The van der Waals surface area contributed by atoms with Crippen LogP contribution < -0.4 is 0 Å². The van der Waals surface area contributed by atoms with Crippen molar-refractivity contribution < 1.29 is 23.9 Å². The maximum absolute atomic E-state index is 14.6. The second kappa shape index (κ2) is 11.8. The lowest BCUT2D eigenvalue weighted by Gasteiger charge is -2.65. The summed E-state index contributed by atoms with van der Waals surface area (Å²) in [6, 6.07) is 2.20. The summed E-state index contributed by atoms with van der Waals surface area (Å²) < 4.78 is 5.54. The third-order valence-corrected chi connectivity index (χ3v) is 14.4. The molecule has 0 radical (unpaired) electrons. The van der Waals surface area contributed by atoms with Gasteiger partial charge in [0.2, 0.25) is 5.91 Å². The molecule has 49 heavy (non-hydrogen) atoms. The molecule has 5 aliphatic carbocycles. The van der Waals surface area contributed by atoms with Crippen LogP contribution in [0.5, 0.6) is 0 Å². The first-order valence-electron chi connectivity index (χ1n) is 18.9. The van der Waals surface area contributed by atoms with Gasteiger partial charge >= 0.3 is 6.09 Å². The molecular formula is C41H59N3O5. The minimum atomic E-state index is -0.666. The Bertz CT molecular complexity index is 1530. The fraction of sp³-hybridized carbons (Fsp3) is 0.780. The molecule has 1 heterocycles. The molecule has 6 aliphatic rings. The molecule has 7 unspecified atom stereocenters. The van der Waals surface area contributed by atoms with Crippen molar-refractivity contribution in [2.24, 2.45) is 50.7 Å². The highest BCUT2D eigenvalue weighted by atomic mass is 16.6. The van der Waals surface area contributed by atoms with Crippen LogP contribution in [-0.2, 0) is 19.1 Å². The van der Waals surface area contributed by atoms with E-state index in [4.69, 9.17) is 4.74 Å². The van der Waals surface area contributed by atoms with Crippen molar-refractivity contribution >= 4 is 23.6 Å². The Labute approximate surface area is 294 Å². The van der Waals surface area contributed by atoms with Crippen LogP contribution in [0.15, 0.2) is 23.3 Å². The van der Waals surface area contributed by atoms with Crippen LogP contribution in [-0.4, -0.2) is 65.1 Å². The van der Waals surface area contributed by atoms with Gasteiger partial charge in [-0.05, 0) is 112 Å². The zero-order valence-electron chi connectivity index (χ0n) is 31.5. The predicted octanol–water partition coefficient (Wildman–Crippen LogP) is 7.68. The van der Waals surface area contributed by atoms with Gasteiger partial charge in [0.15, 0.2) is 11.6 Å². The third-order valence-electron chi connectivity index (χ3n) is 14.4. The van der Waals surface area contributed by atoms with E-state index in [2.05, 4.69) is 33.8 Å². The largest absolute Gasteiger partial charge is 0.444 e. The van der Waals surface area contributed by atoms with Gasteiger partial charge in [0.25, 0.3) is 0 Å². The number of piperazine rings is 1. The lowest BCUT2D eigenvalue weighted by atomic mass is 9.38. The molecule has 0 aromatic rings. The summed E-state index contributed by atoms with van der Waals surface area (Å²) in [4.78, 5) is 57.8. The van der Waals surface area contributed by atoms with Gasteiger partial charge in [-0.2, -0.15) is 5.26 Å². The lowest BCUT2D eigenvalue weighted by Crippen LogP contribution is -2.60. The number of Topliss-reactive ketones (excluding diaryl/α,β-unsaturated/α-hetero) is 1. The van der Waals surface area contributed by atoms with Crippen LogP contribution in [0.2, 0.25) is 0 Å². The highest BCUT2D eigenvalue weighted by molar-refractivity contribution is 6.04. The van der Waals surface area contributed by atoms with Crippen LogP contribution in [0.4, 0.5) is 4.79 Å². The van der Waals surface area contributed by atoms with Gasteiger partial charge in [-0.1, -0.05) is 53.2 Å². The number of amides is 2. The smallest absolute Gasteiger partial charge is 0.410 e. The Hall–Kier alpha value is -2.95. The van der Waals surface area contributed by atoms with E-state index >= 15 is 0 Å². The molecule has 268 valence electrons. The van der Waals surface area contributed by atoms with Crippen molar-refractivity contribution in [2.45, 2.75) is 126 Å². The molecule has 0 aromatic heterocycles. The molecule has 1 aliphatic heterocycles. The van der Waals surface area contributed by atoms with Crippen LogP contribution in [0.1, 0.15) is 120 Å². The highest BCUT2D eigenvalue weighted by Gasteiger charge is 2.65. The van der Waals surface area contributed by atoms with E-state index in [1.54, 1.807) is 4.90 Å². The molecule has 0 spiro atoms. The second-order valence-electron chi connectivity index (χ2n) is 19.3. The van der Waals surface area contributed by atoms with Gasteiger partial charge in [0.05, 0.1) is 5.57 Å². The summed E-state index contributed by atoms with van der Waals surface area (Å²) in [5, 5.41) is 9.97. The predicted molar refractivity (Wildman–Crippen MR) is 188 cm³/mol. The average Bonchev–Trinajstić information content (AvgIpc) is 3.01. The number of ether oxygens (including phenoxy) is 1. The standard InChI is InChI=1S/C41H59N3O5/c1-36(2,3)49-35(48)44-20-18-43(19-21-44)32(46)12-15-41-14-10-27-33(28(41)24-37(4,5)16-17-41)29(45)22-31-39(27,8)13-11-30-38(6,7)34(47)26(25-42)23-40(30,31)9/h22-23,27-28,30,33H,10-21,24H2,1-9H3. The van der Waals surface area contributed by atoms with E-state index in [1.165, 1.54) is 0 Å². The molecule has 8 heteroatoms. The Morgan fingerprint density at radius 3 is 2.20 bits per heavy atom. The number of ketones is 2. The number of nitriles is 1. The van der Waals surface area contributed by atoms with Crippen molar-refractivity contribution in [1.29, 1.82) is 5.26 Å². The van der Waals surface area contributed by atoms with Gasteiger partial charge < -0.3 is 14.5 Å². The van der Waals surface area contributed by atoms with Crippen LogP contribution in [0, 0.1) is 62.1 Å². The van der Waals surface area contributed by atoms with Crippen molar-refractivity contribution in [3.05, 3.63) is 23.3 Å². The van der Waals surface area contributed by atoms with E-state index in [0.717, 1.165) is 56.9 Å². The van der Waals surface area contributed by atoms with E-state index in [9.17, 15) is 24.4 Å². The summed E-state index contributed by atoms with van der Waals surface area (Å²) in [6.07, 6.45) is 11.8. The van der Waals surface area contributed by atoms with Gasteiger partial charge in [0, 0.05) is 49.3 Å². The average molecular weight is 674 g/mol. The number of nitrogens with zero attached hydrogens (tertiary/aromatic N) is 3. The number of carbonyl (C=O) groups excluding carboxylic acids is 4. The summed E-state index contributed by atoms with van der Waals surface area (Å²) in [5.74, 6) is 0.684. The molecule has 4 fully saturated rings. The maximum atomic E-state index is 14.6. The number of carbonyl (C=O) groups is 4. The zero-order chi connectivity index (χ0) is 35.9. The summed E-state index contributed by atoms with van der Waals surface area (Å²) in [7, 11) is 0. The molecule has 0 aromatic carbocycles. The van der Waals surface area contributed by atoms with E-state index in [1.807, 2.05) is 51.7 Å². The third kappa shape index (κ3) is 5.89. The minimum absolute atomic E-state index is 0.0431. The first kappa shape index (κ1) is 35.9. The van der Waals surface area contributed by atoms with Crippen molar-refractivity contribution in [3.63, 3.8) is 0 Å². The van der Waals surface area contributed by atoms with E-state index < -0.39 is 16.4 Å². The fourth-order valence-corrected chi connectivity index (χ4v) is 11.8. The number of hydrogen-bond acceptors (Lipinski definition) is 6. The highest BCUT2D eigenvalue weighted by Crippen LogP contribution is 2.71. The lowest BCUT2D eigenvalue weighted by molar-refractivity contribution is -0.150. The molecule has 2 amide bonds. The molecule has 7 atom stereocenters. The van der Waals surface area contributed by atoms with Gasteiger partial charge in [0.1, 0.15) is 11.7 Å². The molecule has 0 bridgehead atoms. The molecule has 0 N–H and O–H groups in total.